The minimum Gasteiger partial charge on any atom is -0.372 e. The second-order valence-corrected chi connectivity index (χ2v) is 8.67. The van der Waals surface area contributed by atoms with Gasteiger partial charge in [0.2, 0.25) is 0 Å². The number of amides is 1. The maximum Gasteiger partial charge on any atom is 0.256 e. The normalized spacial score (nSPS) is 21.0. The van der Waals surface area contributed by atoms with Crippen molar-refractivity contribution in [2.45, 2.75) is 45.4 Å². The fourth-order valence-electron chi connectivity index (χ4n) is 4.81. The van der Waals surface area contributed by atoms with Crippen molar-refractivity contribution in [2.75, 3.05) is 24.5 Å². The van der Waals surface area contributed by atoms with E-state index in [1.54, 1.807) is 0 Å². The molecule has 2 atom stereocenters. The Labute approximate surface area is 183 Å². The van der Waals surface area contributed by atoms with E-state index in [1.807, 2.05) is 23.1 Å². The van der Waals surface area contributed by atoms with E-state index < -0.39 is 0 Å². The smallest absolute Gasteiger partial charge is 0.256 e. The molecule has 3 aromatic rings. The standard InChI is InChI=1S/C26H29N3O2/c1-3-22-17-29(15-18(2)31-22)24-10-6-8-20-16-28(26(30)25(20)24)14-13-21-12-11-19-7-4-5-9-23(19)27-21/h4-12,18,22H,3,13-17H2,1-2H3. The number of benzene rings is 2. The number of para-hydroxylation sites is 1. The van der Waals surface area contributed by atoms with Crippen molar-refractivity contribution in [3.8, 4) is 0 Å². The minimum absolute atomic E-state index is 0.138. The van der Waals surface area contributed by atoms with Gasteiger partial charge in [0.05, 0.1) is 29.0 Å². The molecule has 2 aromatic carbocycles. The van der Waals surface area contributed by atoms with Gasteiger partial charge in [0.25, 0.3) is 5.91 Å². The highest BCUT2D eigenvalue weighted by Gasteiger charge is 2.33. The van der Waals surface area contributed by atoms with Crippen LogP contribution in [0.25, 0.3) is 10.9 Å². The molecular weight excluding hydrogens is 386 g/mol. The molecular formula is C26H29N3O2. The molecule has 1 saturated heterocycles. The van der Waals surface area contributed by atoms with Gasteiger partial charge in [-0.15, -0.1) is 0 Å². The van der Waals surface area contributed by atoms with Crippen LogP contribution >= 0.6 is 0 Å². The SMILES string of the molecule is CCC1CN(c2cccc3c2C(=O)N(CCc2ccc4ccccc4n2)C3)CC(C)O1. The van der Waals surface area contributed by atoms with Gasteiger partial charge in [0.1, 0.15) is 0 Å². The summed E-state index contributed by atoms with van der Waals surface area (Å²) in [6.07, 6.45) is 2.12. The number of hydrogen-bond donors (Lipinski definition) is 0. The maximum absolute atomic E-state index is 13.4. The van der Waals surface area contributed by atoms with E-state index in [0.717, 1.165) is 59.3 Å². The lowest BCUT2D eigenvalue weighted by atomic mass is 10.0. The Bertz CT molecular complexity index is 1110. The highest BCUT2D eigenvalue weighted by Crippen LogP contribution is 2.33. The predicted molar refractivity (Wildman–Crippen MR) is 123 cm³/mol. The largest absolute Gasteiger partial charge is 0.372 e. The third-order valence-electron chi connectivity index (χ3n) is 6.41. The van der Waals surface area contributed by atoms with Crippen molar-refractivity contribution >= 4 is 22.5 Å². The summed E-state index contributed by atoms with van der Waals surface area (Å²) in [6, 6.07) is 18.6. The number of hydrogen-bond acceptors (Lipinski definition) is 4. The summed E-state index contributed by atoms with van der Waals surface area (Å²) in [5.74, 6) is 0.138. The van der Waals surface area contributed by atoms with E-state index in [-0.39, 0.29) is 18.1 Å². The number of aromatic nitrogens is 1. The zero-order valence-electron chi connectivity index (χ0n) is 18.3. The van der Waals surface area contributed by atoms with Gasteiger partial charge in [0, 0.05) is 43.7 Å². The summed E-state index contributed by atoms with van der Waals surface area (Å²) in [5, 5.41) is 1.14. The van der Waals surface area contributed by atoms with Gasteiger partial charge in [-0.1, -0.05) is 43.3 Å². The number of morpholine rings is 1. The highest BCUT2D eigenvalue weighted by molar-refractivity contribution is 6.03. The number of nitrogens with zero attached hydrogens (tertiary/aromatic N) is 3. The quantitative estimate of drug-likeness (QED) is 0.618. The van der Waals surface area contributed by atoms with Crippen LogP contribution in [0.1, 0.15) is 41.9 Å². The van der Waals surface area contributed by atoms with Crippen LogP contribution in [0.15, 0.2) is 54.6 Å². The first-order chi connectivity index (χ1) is 15.1. The van der Waals surface area contributed by atoms with Crippen molar-refractivity contribution < 1.29 is 9.53 Å². The molecule has 0 bridgehead atoms. The molecule has 5 heteroatoms. The Hall–Kier alpha value is -2.92. The van der Waals surface area contributed by atoms with Gasteiger partial charge in [-0.2, -0.15) is 0 Å². The Kier molecular flexibility index (Phi) is 5.36. The van der Waals surface area contributed by atoms with E-state index in [0.29, 0.717) is 13.1 Å². The molecule has 1 aromatic heterocycles. The van der Waals surface area contributed by atoms with E-state index in [1.165, 1.54) is 0 Å². The van der Waals surface area contributed by atoms with Crippen LogP contribution < -0.4 is 4.90 Å². The molecule has 5 rings (SSSR count). The van der Waals surface area contributed by atoms with Gasteiger partial charge in [-0.25, -0.2) is 0 Å². The lowest BCUT2D eigenvalue weighted by molar-refractivity contribution is -0.0172. The molecule has 0 saturated carbocycles. The average Bonchev–Trinajstić information content (AvgIpc) is 3.12. The molecule has 2 aliphatic rings. The predicted octanol–water partition coefficient (Wildman–Crippen LogP) is 4.44. The molecule has 0 aliphatic carbocycles. The summed E-state index contributed by atoms with van der Waals surface area (Å²) in [4.78, 5) is 22.4. The Morgan fingerprint density at radius 2 is 1.94 bits per heavy atom. The summed E-state index contributed by atoms with van der Waals surface area (Å²) in [5.41, 5.74) is 5.09. The van der Waals surface area contributed by atoms with Crippen molar-refractivity contribution in [3.63, 3.8) is 0 Å². The fourth-order valence-corrected chi connectivity index (χ4v) is 4.81. The molecule has 1 fully saturated rings. The number of rotatable bonds is 5. The average molecular weight is 416 g/mol. The van der Waals surface area contributed by atoms with Crippen molar-refractivity contribution in [1.29, 1.82) is 0 Å². The van der Waals surface area contributed by atoms with Crippen LogP contribution in [-0.4, -0.2) is 47.6 Å². The molecule has 0 spiro atoms. The minimum atomic E-state index is 0.138. The Morgan fingerprint density at radius 3 is 2.81 bits per heavy atom. The summed E-state index contributed by atoms with van der Waals surface area (Å²) >= 11 is 0. The monoisotopic (exact) mass is 415 g/mol. The molecule has 5 nitrogen and oxygen atoms in total. The van der Waals surface area contributed by atoms with Crippen LogP contribution in [0.2, 0.25) is 0 Å². The van der Waals surface area contributed by atoms with Gasteiger partial charge >= 0.3 is 0 Å². The number of carbonyl (C=O) groups excluding carboxylic acids is 1. The van der Waals surface area contributed by atoms with Crippen LogP contribution in [0, 0.1) is 0 Å². The first-order valence-electron chi connectivity index (χ1n) is 11.3. The zero-order chi connectivity index (χ0) is 21.4. The van der Waals surface area contributed by atoms with Gasteiger partial charge in [-0.3, -0.25) is 9.78 Å². The van der Waals surface area contributed by atoms with Crippen LogP contribution in [0.3, 0.4) is 0 Å². The van der Waals surface area contributed by atoms with E-state index >= 15 is 0 Å². The van der Waals surface area contributed by atoms with Crippen LogP contribution in [0.5, 0.6) is 0 Å². The van der Waals surface area contributed by atoms with Crippen molar-refractivity contribution in [3.05, 3.63) is 71.4 Å². The lowest BCUT2D eigenvalue weighted by Crippen LogP contribution is -2.47. The van der Waals surface area contributed by atoms with Gasteiger partial charge in [0.15, 0.2) is 0 Å². The Balaban J connectivity index is 1.33. The molecule has 2 unspecified atom stereocenters. The molecule has 1 amide bonds. The molecule has 0 radical (unpaired) electrons. The van der Waals surface area contributed by atoms with E-state index in [9.17, 15) is 4.79 Å². The molecule has 31 heavy (non-hydrogen) atoms. The Morgan fingerprint density at radius 1 is 1.06 bits per heavy atom. The van der Waals surface area contributed by atoms with Crippen LogP contribution in [-0.2, 0) is 17.7 Å². The molecule has 0 N–H and O–H groups in total. The van der Waals surface area contributed by atoms with Crippen molar-refractivity contribution in [1.82, 2.24) is 9.88 Å². The second kappa shape index (κ2) is 8.31. The molecule has 3 heterocycles. The number of carbonyl (C=O) groups is 1. The first kappa shape index (κ1) is 20.0. The number of fused-ring (bicyclic) bond motifs is 2. The second-order valence-electron chi connectivity index (χ2n) is 8.67. The maximum atomic E-state index is 13.4. The third kappa shape index (κ3) is 3.90. The van der Waals surface area contributed by atoms with Crippen molar-refractivity contribution in [2.24, 2.45) is 0 Å². The van der Waals surface area contributed by atoms with Crippen LogP contribution in [0.4, 0.5) is 5.69 Å². The van der Waals surface area contributed by atoms with Gasteiger partial charge < -0.3 is 14.5 Å². The summed E-state index contributed by atoms with van der Waals surface area (Å²) in [7, 11) is 0. The molecule has 2 aliphatic heterocycles. The summed E-state index contributed by atoms with van der Waals surface area (Å²) < 4.78 is 6.03. The lowest BCUT2D eigenvalue weighted by Gasteiger charge is -2.38. The number of anilines is 1. The first-order valence-corrected chi connectivity index (χ1v) is 11.3. The zero-order valence-corrected chi connectivity index (χ0v) is 18.3. The topological polar surface area (TPSA) is 45.7 Å². The summed E-state index contributed by atoms with van der Waals surface area (Å²) in [6.45, 7) is 7.28. The van der Waals surface area contributed by atoms with E-state index in [2.05, 4.69) is 55.1 Å². The fraction of sp³-hybridized carbons (Fsp3) is 0.385. The number of ether oxygens (including phenoxy) is 1. The molecule has 160 valence electrons. The van der Waals surface area contributed by atoms with E-state index in [4.69, 9.17) is 9.72 Å². The number of pyridine rings is 1. The third-order valence-corrected chi connectivity index (χ3v) is 6.41. The highest BCUT2D eigenvalue weighted by atomic mass is 16.5. The van der Waals surface area contributed by atoms with Gasteiger partial charge in [-0.05, 0) is 37.1 Å².